The molecule has 0 aliphatic carbocycles. The van der Waals surface area contributed by atoms with Crippen LogP contribution in [0.25, 0.3) is 22.3 Å². The monoisotopic (exact) mass is 817 g/mol. The quantitative estimate of drug-likeness (QED) is 0.0774. The van der Waals surface area contributed by atoms with Crippen molar-refractivity contribution in [3.63, 3.8) is 0 Å². The first-order valence-electron chi connectivity index (χ1n) is 17.5. The predicted octanol–water partition coefficient (Wildman–Crippen LogP) is -4.01. The van der Waals surface area contributed by atoms with Crippen LogP contribution in [0.4, 0.5) is 0 Å². The predicted molar refractivity (Wildman–Crippen MR) is 184 cm³/mol. The van der Waals surface area contributed by atoms with Gasteiger partial charge in [0, 0.05) is 24.3 Å². The second-order valence-electron chi connectivity index (χ2n) is 13.5. The van der Waals surface area contributed by atoms with Crippen molar-refractivity contribution in [2.75, 3.05) is 34.0 Å². The van der Waals surface area contributed by atoms with Crippen molar-refractivity contribution in [1.82, 2.24) is 0 Å². The lowest BCUT2D eigenvalue weighted by Crippen LogP contribution is -2.65. The number of rotatable bonds is 12. The molecule has 13 N–H and O–H groups in total. The van der Waals surface area contributed by atoms with Crippen molar-refractivity contribution >= 4 is 11.0 Å². The molecule has 15 atom stereocenters. The second kappa shape index (κ2) is 17.5. The summed E-state index contributed by atoms with van der Waals surface area (Å²) in [4.78, 5) is 0. The highest BCUT2D eigenvalue weighted by Crippen LogP contribution is 2.46. The van der Waals surface area contributed by atoms with Gasteiger partial charge in [0.25, 0.3) is 0 Å². The zero-order valence-corrected chi connectivity index (χ0v) is 30.2. The zero-order chi connectivity index (χ0) is 41.5. The Bertz CT molecular complexity index is 1820. The molecule has 22 nitrogen and oxygen atoms in total. The Kier molecular flexibility index (Phi) is 13.1. The fourth-order valence-corrected chi connectivity index (χ4v) is 6.63. The number of phenolic OH excluding ortho intramolecular Hbond substituents is 2. The largest absolute Gasteiger partial charge is 0.507 e. The van der Waals surface area contributed by atoms with Gasteiger partial charge < -0.3 is 104 Å². The molecule has 2 aromatic carbocycles. The second-order valence-corrected chi connectivity index (χ2v) is 13.5. The number of aliphatic hydroxyl groups excluding tert-OH is 11. The summed E-state index contributed by atoms with van der Waals surface area (Å²) in [7, 11) is 2.51. The van der Waals surface area contributed by atoms with Crippen molar-refractivity contribution in [2.24, 2.45) is 0 Å². The summed E-state index contributed by atoms with van der Waals surface area (Å²) in [5, 5.41) is 135. The summed E-state index contributed by atoms with van der Waals surface area (Å²) < 4.78 is 51.5. The number of hydrogen-bond donors (Lipinski definition) is 13. The van der Waals surface area contributed by atoms with E-state index in [-0.39, 0.29) is 45.3 Å². The van der Waals surface area contributed by atoms with Crippen LogP contribution in [-0.4, -0.2) is 193 Å². The van der Waals surface area contributed by atoms with Gasteiger partial charge in [-0.3, -0.25) is 0 Å². The molecule has 6 rings (SSSR count). The smallest absolute Gasteiger partial charge is 0.402 e. The summed E-state index contributed by atoms with van der Waals surface area (Å²) in [6.45, 7) is -2.46. The molecule has 57 heavy (non-hydrogen) atoms. The lowest BCUT2D eigenvalue weighted by atomic mass is 9.97. The Balaban J connectivity index is 1.48. The third-order valence-electron chi connectivity index (χ3n) is 9.84. The molecule has 4 heterocycles. The van der Waals surface area contributed by atoms with E-state index in [1.54, 1.807) is 0 Å². The minimum absolute atomic E-state index is 0.0391. The minimum atomic E-state index is -1.97. The summed E-state index contributed by atoms with van der Waals surface area (Å²) in [5.41, 5.74) is -0.0510. The molecule has 3 aliphatic rings. The van der Waals surface area contributed by atoms with E-state index < -0.39 is 123 Å². The fraction of sp³-hybridized carbons (Fsp3) is 0.571. The summed E-state index contributed by atoms with van der Waals surface area (Å²) in [5.74, 6) is -1.88. The first kappa shape index (κ1) is 42.7. The van der Waals surface area contributed by atoms with E-state index in [0.717, 1.165) is 12.1 Å². The molecule has 0 bridgehead atoms. The van der Waals surface area contributed by atoms with Crippen LogP contribution in [0.2, 0.25) is 0 Å². The van der Waals surface area contributed by atoms with Gasteiger partial charge in [0.2, 0.25) is 24.1 Å². The molecular formula is C35H45O22+. The highest BCUT2D eigenvalue weighted by Gasteiger charge is 2.52. The number of fused-ring (bicyclic) bond motifs is 1. The van der Waals surface area contributed by atoms with Crippen molar-refractivity contribution in [3.8, 4) is 45.8 Å². The molecular weight excluding hydrogens is 772 g/mol. The summed E-state index contributed by atoms with van der Waals surface area (Å²) in [6.07, 6.45) is -26.5. The average molecular weight is 818 g/mol. The number of hydrogen-bond acceptors (Lipinski definition) is 21. The summed E-state index contributed by atoms with van der Waals surface area (Å²) in [6, 6.07) is 6.09. The van der Waals surface area contributed by atoms with Gasteiger partial charge in [0.15, 0.2) is 23.9 Å². The number of ether oxygens (including phenoxy) is 8. The Labute approximate surface area is 321 Å². The molecule has 3 aromatic rings. The maximum absolute atomic E-state index is 11.3. The first-order valence-corrected chi connectivity index (χ1v) is 17.5. The van der Waals surface area contributed by atoms with E-state index in [0.29, 0.717) is 0 Å². The van der Waals surface area contributed by atoms with Crippen molar-refractivity contribution in [2.45, 2.75) is 92.1 Å². The number of phenols is 2. The number of methoxy groups -OCH3 is 2. The third-order valence-corrected chi connectivity index (χ3v) is 9.84. The van der Waals surface area contributed by atoms with E-state index in [9.17, 15) is 66.4 Å². The van der Waals surface area contributed by atoms with Gasteiger partial charge in [-0.1, -0.05) is 0 Å². The van der Waals surface area contributed by atoms with E-state index in [2.05, 4.69) is 0 Å². The van der Waals surface area contributed by atoms with Crippen molar-refractivity contribution < 1.29 is 109 Å². The maximum atomic E-state index is 11.3. The maximum Gasteiger partial charge on any atom is 0.402 e. The number of benzene rings is 2. The molecule has 1 aromatic heterocycles. The Morgan fingerprint density at radius 1 is 0.544 bits per heavy atom. The molecule has 0 spiro atoms. The number of aromatic hydroxyl groups is 2. The molecule has 22 heteroatoms. The van der Waals surface area contributed by atoms with Gasteiger partial charge in [-0.05, 0) is 0 Å². The Morgan fingerprint density at radius 2 is 1.04 bits per heavy atom. The molecule has 0 radical (unpaired) electrons. The molecule has 3 saturated heterocycles. The van der Waals surface area contributed by atoms with E-state index in [1.807, 2.05) is 0 Å². The van der Waals surface area contributed by atoms with Gasteiger partial charge in [-0.15, -0.1) is 0 Å². The highest BCUT2D eigenvalue weighted by atomic mass is 16.8. The van der Waals surface area contributed by atoms with Crippen molar-refractivity contribution in [1.29, 1.82) is 0 Å². The highest BCUT2D eigenvalue weighted by molar-refractivity contribution is 5.89. The van der Waals surface area contributed by atoms with Crippen LogP contribution in [0.5, 0.6) is 34.5 Å². The molecule has 316 valence electrons. The van der Waals surface area contributed by atoms with Crippen LogP contribution in [0.1, 0.15) is 0 Å². The topological polar surface area (TPSA) is 348 Å². The number of aliphatic hydroxyl groups is 11. The average Bonchev–Trinajstić information content (AvgIpc) is 3.20. The Hall–Kier alpha value is -3.95. The lowest BCUT2D eigenvalue weighted by Gasteiger charge is -2.45. The van der Waals surface area contributed by atoms with Crippen LogP contribution in [0.3, 0.4) is 0 Å². The molecule has 7 unspecified atom stereocenters. The van der Waals surface area contributed by atoms with Crippen LogP contribution in [0, 0.1) is 0 Å². The molecule has 3 aliphatic heterocycles. The first-order chi connectivity index (χ1) is 27.1. The fourth-order valence-electron chi connectivity index (χ4n) is 6.63. The van der Waals surface area contributed by atoms with Crippen LogP contribution >= 0.6 is 0 Å². The van der Waals surface area contributed by atoms with Crippen LogP contribution in [-0.2, 0) is 18.9 Å². The SMILES string of the molecule is COc1cc(-c2[o+]c3cc(O)cc(O[C@@H]4OC(CO)[C@@H](O)[C@H](O)C4O)c3cc2O[C@@H]2OC(CO)[C@@H](O)C(O)C2O[C@@H]2OC(CO)[C@@H](O)C(O)[C@H]2O)cc(OC)c1O. The standard InChI is InChI=1S/C35H44O22/c1-49-16-3-11(4-17(50-2)22(16)40)31-18(7-13-14(51-31)5-12(39)6-15(13)52-33-29(47)26(44)23(41)19(8-36)54-33)53-35-32(28(46)25(43)21(10-38)56-35)57-34-30(48)27(45)24(42)20(9-37)55-34/h3-7,19-21,23-30,32-38,41-48H,8-10H2,1-2H3,(H-,39,40)/p+1/t19?,20?,21?,23-,24-,25-,26+,27?,28?,29?,30-,32?,33-,34+,35-/m1/s1. The molecule has 0 saturated carbocycles. The van der Waals surface area contributed by atoms with Gasteiger partial charge in [-0.25, -0.2) is 4.42 Å². The summed E-state index contributed by atoms with van der Waals surface area (Å²) >= 11 is 0. The van der Waals surface area contributed by atoms with Gasteiger partial charge in [0.05, 0.1) is 45.7 Å². The lowest BCUT2D eigenvalue weighted by molar-refractivity contribution is -0.357. The van der Waals surface area contributed by atoms with Crippen LogP contribution in [0.15, 0.2) is 34.7 Å². The molecule has 0 amide bonds. The zero-order valence-electron chi connectivity index (χ0n) is 30.2. The van der Waals surface area contributed by atoms with Gasteiger partial charge in [-0.2, -0.15) is 0 Å². The normalized spacial score (nSPS) is 35.8. The minimum Gasteiger partial charge on any atom is -0.507 e. The van der Waals surface area contributed by atoms with Crippen LogP contribution < -0.4 is 18.9 Å². The Morgan fingerprint density at radius 3 is 1.58 bits per heavy atom. The van der Waals surface area contributed by atoms with Crippen molar-refractivity contribution in [3.05, 3.63) is 30.3 Å². The van der Waals surface area contributed by atoms with Gasteiger partial charge in [0.1, 0.15) is 84.0 Å². The molecule has 3 fully saturated rings. The van der Waals surface area contributed by atoms with E-state index >= 15 is 0 Å². The third kappa shape index (κ3) is 8.21. The van der Waals surface area contributed by atoms with E-state index in [4.69, 9.17) is 42.3 Å². The van der Waals surface area contributed by atoms with E-state index in [1.165, 1.54) is 32.4 Å². The van der Waals surface area contributed by atoms with Gasteiger partial charge >= 0.3 is 11.3 Å².